The molecule has 0 bridgehead atoms. The van der Waals surface area contributed by atoms with Crippen molar-refractivity contribution in [1.82, 2.24) is 39.9 Å². The average Bonchev–Trinajstić information content (AvgIpc) is 3.62. The van der Waals surface area contributed by atoms with Crippen molar-refractivity contribution in [3.63, 3.8) is 0 Å². The molecule has 2 aliphatic rings. The Morgan fingerprint density at radius 3 is 2.80 bits per heavy atom. The molecule has 0 amide bonds. The third-order valence-corrected chi connectivity index (χ3v) is 8.40. The minimum atomic E-state index is -1.62. The second kappa shape index (κ2) is 11.7. The first kappa shape index (κ1) is 26.9. The van der Waals surface area contributed by atoms with Crippen molar-refractivity contribution in [1.29, 1.82) is 0 Å². The summed E-state index contributed by atoms with van der Waals surface area (Å²) in [6.45, 7) is 6.84. The summed E-state index contributed by atoms with van der Waals surface area (Å²) >= 11 is 0. The van der Waals surface area contributed by atoms with Gasteiger partial charge in [0.25, 0.3) is 0 Å². The Bertz CT molecular complexity index is 1430. The molecule has 1 aliphatic carbocycles. The summed E-state index contributed by atoms with van der Waals surface area (Å²) in [5.74, 6) is 0.462. The molecule has 1 saturated carbocycles. The highest BCUT2D eigenvalue weighted by molar-refractivity contribution is 6.11. The van der Waals surface area contributed by atoms with Crippen LogP contribution in [0.5, 0.6) is 5.88 Å². The summed E-state index contributed by atoms with van der Waals surface area (Å²) in [6.07, 6.45) is 10.9. The molecular weight excluding hydrogens is 506 g/mol. The van der Waals surface area contributed by atoms with E-state index in [9.17, 15) is 4.39 Å². The van der Waals surface area contributed by atoms with Gasteiger partial charge in [0.2, 0.25) is 5.88 Å². The zero-order chi connectivity index (χ0) is 27.6. The Hall–Kier alpha value is -3.31. The van der Waals surface area contributed by atoms with Crippen LogP contribution in [-0.4, -0.2) is 73.7 Å². The lowest BCUT2D eigenvalue weighted by Crippen LogP contribution is -2.50. The summed E-state index contributed by atoms with van der Waals surface area (Å²) in [5, 5.41) is 9.11. The highest BCUT2D eigenvalue weighted by Crippen LogP contribution is 2.38. The topological polar surface area (TPSA) is 96.8 Å². The zero-order valence-electron chi connectivity index (χ0n) is 23.1. The lowest BCUT2D eigenvalue weighted by molar-refractivity contribution is 0.0248. The predicted molar refractivity (Wildman–Crippen MR) is 153 cm³/mol. The van der Waals surface area contributed by atoms with E-state index in [0.29, 0.717) is 30.6 Å². The molecule has 0 spiro atoms. The molecule has 4 aromatic heterocycles. The van der Waals surface area contributed by atoms with Crippen molar-refractivity contribution in [3.8, 4) is 17.1 Å². The number of alkyl halides is 1. The number of aromatic amines is 1. The first-order chi connectivity index (χ1) is 19.5. The molecule has 5 heterocycles. The van der Waals surface area contributed by atoms with Crippen LogP contribution in [0.2, 0.25) is 0 Å². The molecule has 208 valence electrons. The number of ether oxygens (including phenoxy) is 1. The van der Waals surface area contributed by atoms with Crippen molar-refractivity contribution < 1.29 is 9.13 Å². The largest absolute Gasteiger partial charge is 0.474 e. The van der Waals surface area contributed by atoms with Crippen LogP contribution in [0.3, 0.4) is 0 Å². The number of H-pyrrole nitrogens is 1. The number of pyridine rings is 1. The van der Waals surface area contributed by atoms with Crippen molar-refractivity contribution in [2.75, 3.05) is 13.1 Å². The van der Waals surface area contributed by atoms with Crippen molar-refractivity contribution in [2.45, 2.75) is 82.8 Å². The first-order valence-corrected chi connectivity index (χ1v) is 14.3. The van der Waals surface area contributed by atoms with Crippen LogP contribution in [0, 0.1) is 0 Å². The number of halogens is 1. The van der Waals surface area contributed by atoms with E-state index >= 15 is 0 Å². The average molecular weight is 542 g/mol. The number of nitrogens with zero attached hydrogens (tertiary/aromatic N) is 6. The summed E-state index contributed by atoms with van der Waals surface area (Å²) in [5.41, 5.74) is 3.91. The van der Waals surface area contributed by atoms with Gasteiger partial charge in [0.15, 0.2) is 0 Å². The Morgan fingerprint density at radius 2 is 2.02 bits per heavy atom. The molecule has 11 heteroatoms. The first-order valence-electron chi connectivity index (χ1n) is 14.3. The number of nitrogens with one attached hydrogen (secondary N) is 2. The number of piperidine rings is 1. The molecule has 2 fully saturated rings. The fourth-order valence-electron chi connectivity index (χ4n) is 5.69. The van der Waals surface area contributed by atoms with Gasteiger partial charge in [-0.15, -0.1) is 0 Å². The van der Waals surface area contributed by atoms with Gasteiger partial charge in [0.1, 0.15) is 25.9 Å². The Labute approximate surface area is 235 Å². The Morgan fingerprint density at radius 1 is 1.20 bits per heavy atom. The summed E-state index contributed by atoms with van der Waals surface area (Å²) < 4.78 is 22.3. The van der Waals surface area contributed by atoms with E-state index in [1.54, 1.807) is 12.4 Å². The smallest absolute Gasteiger partial charge is 0.214 e. The fourth-order valence-corrected chi connectivity index (χ4v) is 5.69. The van der Waals surface area contributed by atoms with E-state index in [1.807, 2.05) is 24.5 Å². The third kappa shape index (κ3) is 5.76. The van der Waals surface area contributed by atoms with Crippen LogP contribution in [0.25, 0.3) is 22.3 Å². The highest BCUT2D eigenvalue weighted by Gasteiger charge is 2.37. The van der Waals surface area contributed by atoms with Gasteiger partial charge in [0.05, 0.1) is 29.7 Å². The quantitative estimate of drug-likeness (QED) is 0.285. The van der Waals surface area contributed by atoms with E-state index in [4.69, 9.17) is 12.6 Å². The number of fused-ring (bicyclic) bond motifs is 1. The molecule has 9 nitrogen and oxygen atoms in total. The number of aromatic nitrogens is 6. The van der Waals surface area contributed by atoms with Gasteiger partial charge in [-0.05, 0) is 56.7 Å². The van der Waals surface area contributed by atoms with Gasteiger partial charge < -0.3 is 15.0 Å². The van der Waals surface area contributed by atoms with E-state index < -0.39 is 6.07 Å². The molecule has 2 atom stereocenters. The minimum Gasteiger partial charge on any atom is -0.474 e. The number of likely N-dealkylation sites (tertiary alicyclic amines) is 1. The van der Waals surface area contributed by atoms with Gasteiger partial charge in [-0.2, -0.15) is 5.10 Å². The standard InChI is InChI=1S/C29H36BFN8O/c1-3-18(2)33-14-19-10-25(28(30)31)37-26(11-19)40-23-5-8-38(9-6-23)21-12-22(13-21)39-16-20(15-36-39)27-24-4-7-32-29(24)35-17-34-27/h4,7,10-11,15-18,21-23,28,33H,3,5-6,8-9,12-14H2,1-2H3,(H,32,34,35). The predicted octanol–water partition coefficient (Wildman–Crippen LogP) is 4.49. The Balaban J connectivity index is 1.01. The van der Waals surface area contributed by atoms with Crippen LogP contribution in [0.1, 0.15) is 69.3 Å². The highest BCUT2D eigenvalue weighted by atomic mass is 19.1. The molecule has 2 N–H and O–H groups in total. The maximum atomic E-state index is 13.9. The van der Waals surface area contributed by atoms with Gasteiger partial charge in [0, 0.05) is 61.1 Å². The van der Waals surface area contributed by atoms with Crippen molar-refractivity contribution >= 4 is 18.9 Å². The number of rotatable bonds is 10. The second-order valence-corrected chi connectivity index (χ2v) is 11.1. The van der Waals surface area contributed by atoms with E-state index in [2.05, 4.69) is 60.0 Å². The molecule has 2 radical (unpaired) electrons. The monoisotopic (exact) mass is 542 g/mol. The zero-order valence-corrected chi connectivity index (χ0v) is 23.1. The lowest BCUT2D eigenvalue weighted by Gasteiger charge is -2.45. The SMILES string of the molecule is [B]C(F)c1cc(CNC(C)CC)cc(OC2CCN(C3CC(n4cc(-c5ncnc6[nH]ccc56)cn4)C3)CC2)n1. The molecular formula is C29H36BFN8O. The van der Waals surface area contributed by atoms with E-state index in [-0.39, 0.29) is 11.8 Å². The van der Waals surface area contributed by atoms with E-state index in [1.165, 1.54) is 0 Å². The van der Waals surface area contributed by atoms with Gasteiger partial charge >= 0.3 is 0 Å². The van der Waals surface area contributed by atoms with Crippen LogP contribution in [0.15, 0.2) is 43.1 Å². The van der Waals surface area contributed by atoms with Crippen LogP contribution in [0.4, 0.5) is 4.39 Å². The Kier molecular flexibility index (Phi) is 7.84. The van der Waals surface area contributed by atoms with Gasteiger partial charge in [-0.1, -0.05) is 6.92 Å². The summed E-state index contributed by atoms with van der Waals surface area (Å²) in [6, 6.07) is 6.96. The molecule has 1 aliphatic heterocycles. The van der Waals surface area contributed by atoms with Crippen LogP contribution in [-0.2, 0) is 6.54 Å². The van der Waals surface area contributed by atoms with E-state index in [0.717, 1.165) is 73.0 Å². The van der Waals surface area contributed by atoms with Crippen molar-refractivity contribution in [3.05, 3.63) is 54.4 Å². The maximum Gasteiger partial charge on any atom is 0.214 e. The summed E-state index contributed by atoms with van der Waals surface area (Å²) in [7, 11) is 5.52. The summed E-state index contributed by atoms with van der Waals surface area (Å²) in [4.78, 5) is 18.8. The molecule has 6 rings (SSSR count). The van der Waals surface area contributed by atoms with Crippen molar-refractivity contribution in [2.24, 2.45) is 0 Å². The third-order valence-electron chi connectivity index (χ3n) is 8.40. The normalized spacial score (nSPS) is 21.8. The molecule has 40 heavy (non-hydrogen) atoms. The molecule has 2 unspecified atom stereocenters. The lowest BCUT2D eigenvalue weighted by atomic mass is 9.84. The van der Waals surface area contributed by atoms with Gasteiger partial charge in [-0.3, -0.25) is 14.0 Å². The molecule has 1 saturated heterocycles. The number of hydrogen-bond acceptors (Lipinski definition) is 7. The van der Waals surface area contributed by atoms with Gasteiger partial charge in [-0.25, -0.2) is 15.0 Å². The minimum absolute atomic E-state index is 0.0629. The molecule has 4 aromatic rings. The number of hydrogen-bond donors (Lipinski definition) is 2. The molecule has 0 aromatic carbocycles. The maximum absolute atomic E-state index is 13.9. The van der Waals surface area contributed by atoms with Crippen LogP contribution < -0.4 is 10.1 Å². The second-order valence-electron chi connectivity index (χ2n) is 11.1. The van der Waals surface area contributed by atoms with Crippen LogP contribution >= 0.6 is 0 Å². The fraction of sp³-hybridized carbons (Fsp3) is 0.517.